The minimum atomic E-state index is -4.45. The average molecular weight is 605 g/mol. The number of sulfone groups is 1. The average Bonchev–Trinajstić information content (AvgIpc) is 2.99. The van der Waals surface area contributed by atoms with E-state index in [1.165, 1.54) is 24.3 Å². The number of amides is 2. The lowest BCUT2D eigenvalue weighted by Crippen LogP contribution is -2.18. The molecule has 4 N–H and O–H groups in total. The van der Waals surface area contributed by atoms with Crippen molar-refractivity contribution in [3.63, 3.8) is 0 Å². The number of rotatable bonds is 13. The van der Waals surface area contributed by atoms with Crippen LogP contribution < -0.4 is 16.4 Å². The number of hydrogen-bond donors (Lipinski definition) is 3. The number of thioether (sulfide) groups is 1. The zero-order valence-electron chi connectivity index (χ0n) is 22.4. The van der Waals surface area contributed by atoms with E-state index in [9.17, 15) is 28.1 Å². The summed E-state index contributed by atoms with van der Waals surface area (Å²) < 4.78 is 27.3. The second-order valence-electron chi connectivity index (χ2n) is 9.14. The van der Waals surface area contributed by atoms with Gasteiger partial charge in [-0.15, -0.1) is 11.8 Å². The molecule has 0 saturated carbocycles. The van der Waals surface area contributed by atoms with E-state index in [4.69, 9.17) is 5.73 Å². The molecule has 42 heavy (non-hydrogen) atoms. The second kappa shape index (κ2) is 13.8. The first-order valence-corrected chi connectivity index (χ1v) is 15.3. The van der Waals surface area contributed by atoms with Crippen LogP contribution in [0.5, 0.6) is 0 Å². The lowest BCUT2D eigenvalue weighted by atomic mass is 10.1. The molecule has 0 unspecified atom stereocenters. The summed E-state index contributed by atoms with van der Waals surface area (Å²) in [5.41, 5.74) is 5.97. The predicted molar refractivity (Wildman–Crippen MR) is 163 cm³/mol. The molecule has 0 fully saturated rings. The van der Waals surface area contributed by atoms with E-state index < -0.39 is 36.1 Å². The van der Waals surface area contributed by atoms with Crippen molar-refractivity contribution in [2.45, 2.75) is 27.5 Å². The Balaban J connectivity index is 1.54. The molecule has 4 aromatic carbocycles. The lowest BCUT2D eigenvalue weighted by Gasteiger charge is -2.13. The highest BCUT2D eigenvalue weighted by Gasteiger charge is 2.27. The standard InChI is InChI=1S/C30H28N4O6S2/c31-30(36)25-14-12-22(33-29(35)16-11-21-7-3-1-4-8-21)19-28(25)42(39,40)24-13-15-26(27(20-24)34(37)38)32-17-18-41-23-9-5-2-6-10-23/h1-10,12-15,19-20,32H,11,16-18H2,(H2,31,36)(H,33,35). The number of nitrogens with two attached hydrogens (primary N) is 1. The molecule has 4 aromatic rings. The lowest BCUT2D eigenvalue weighted by molar-refractivity contribution is -0.384. The van der Waals surface area contributed by atoms with Gasteiger partial charge in [-0.2, -0.15) is 0 Å². The van der Waals surface area contributed by atoms with Crippen molar-refractivity contribution in [1.82, 2.24) is 0 Å². The van der Waals surface area contributed by atoms with E-state index in [2.05, 4.69) is 10.6 Å². The third-order valence-electron chi connectivity index (χ3n) is 6.21. The number of primary amides is 1. The van der Waals surface area contributed by atoms with Gasteiger partial charge in [-0.05, 0) is 54.4 Å². The largest absolute Gasteiger partial charge is 0.379 e. The van der Waals surface area contributed by atoms with Crippen LogP contribution in [0.4, 0.5) is 17.1 Å². The molecular formula is C30H28N4O6S2. The molecule has 0 atom stereocenters. The van der Waals surface area contributed by atoms with Crippen LogP contribution in [-0.4, -0.2) is 37.5 Å². The maximum atomic E-state index is 13.6. The minimum Gasteiger partial charge on any atom is -0.379 e. The molecule has 4 rings (SSSR count). The number of nitrogens with zero attached hydrogens (tertiary/aromatic N) is 1. The summed E-state index contributed by atoms with van der Waals surface area (Å²) in [6.45, 7) is 0.393. The van der Waals surface area contributed by atoms with Gasteiger partial charge >= 0.3 is 0 Å². The monoisotopic (exact) mass is 604 g/mol. The Morgan fingerprint density at radius 3 is 2.26 bits per heavy atom. The minimum absolute atomic E-state index is 0.139. The van der Waals surface area contributed by atoms with Gasteiger partial charge in [-0.25, -0.2) is 8.42 Å². The molecule has 0 spiro atoms. The Bertz CT molecular complexity index is 1700. The molecule has 0 saturated heterocycles. The fourth-order valence-corrected chi connectivity index (χ4v) is 6.43. The molecular weight excluding hydrogens is 576 g/mol. The van der Waals surface area contributed by atoms with Crippen molar-refractivity contribution in [2.24, 2.45) is 5.73 Å². The number of carbonyl (C=O) groups is 2. The number of carbonyl (C=O) groups excluding carboxylic acids is 2. The summed E-state index contributed by atoms with van der Waals surface area (Å²) in [6, 6.07) is 26.2. The van der Waals surface area contributed by atoms with Gasteiger partial charge in [0.2, 0.25) is 21.7 Å². The Kier molecular flexibility index (Phi) is 9.94. The fraction of sp³-hybridized carbons (Fsp3) is 0.133. The molecule has 0 heterocycles. The highest BCUT2D eigenvalue weighted by Crippen LogP contribution is 2.33. The second-order valence-corrected chi connectivity index (χ2v) is 12.2. The van der Waals surface area contributed by atoms with E-state index >= 15 is 0 Å². The molecule has 10 nitrogen and oxygen atoms in total. The van der Waals surface area contributed by atoms with Crippen LogP contribution in [0.1, 0.15) is 22.3 Å². The summed E-state index contributed by atoms with van der Waals surface area (Å²) in [6.07, 6.45) is 0.625. The number of hydrogen-bond acceptors (Lipinski definition) is 8. The number of nitro groups is 1. The van der Waals surface area contributed by atoms with E-state index in [1.54, 1.807) is 11.8 Å². The third kappa shape index (κ3) is 7.74. The Morgan fingerprint density at radius 2 is 1.60 bits per heavy atom. The van der Waals surface area contributed by atoms with Crippen LogP contribution in [0.15, 0.2) is 112 Å². The summed E-state index contributed by atoms with van der Waals surface area (Å²) in [5, 5.41) is 17.5. The molecule has 0 aliphatic rings. The molecule has 216 valence electrons. The van der Waals surface area contributed by atoms with Crippen molar-refractivity contribution in [2.75, 3.05) is 22.9 Å². The van der Waals surface area contributed by atoms with Crippen LogP contribution in [0.3, 0.4) is 0 Å². The first kappa shape index (κ1) is 30.3. The molecule has 12 heteroatoms. The highest BCUT2D eigenvalue weighted by atomic mass is 32.2. The van der Waals surface area contributed by atoms with E-state index in [-0.39, 0.29) is 29.3 Å². The number of nitro benzene ring substituents is 1. The Morgan fingerprint density at radius 1 is 0.905 bits per heavy atom. The van der Waals surface area contributed by atoms with Crippen molar-refractivity contribution >= 4 is 50.5 Å². The zero-order valence-corrected chi connectivity index (χ0v) is 24.0. The predicted octanol–water partition coefficient (Wildman–Crippen LogP) is 5.30. The molecule has 0 bridgehead atoms. The van der Waals surface area contributed by atoms with Gasteiger partial charge in [0.25, 0.3) is 5.69 Å². The van der Waals surface area contributed by atoms with Gasteiger partial charge in [-0.1, -0.05) is 48.5 Å². The first-order valence-electron chi connectivity index (χ1n) is 12.9. The van der Waals surface area contributed by atoms with Gasteiger partial charge in [0, 0.05) is 35.4 Å². The van der Waals surface area contributed by atoms with Crippen LogP contribution in [-0.2, 0) is 21.1 Å². The number of benzene rings is 4. The van der Waals surface area contributed by atoms with Gasteiger partial charge in [0.1, 0.15) is 5.69 Å². The number of aryl methyl sites for hydroxylation is 1. The molecule has 2 amide bonds. The van der Waals surface area contributed by atoms with E-state index in [0.29, 0.717) is 18.7 Å². The highest BCUT2D eigenvalue weighted by molar-refractivity contribution is 7.99. The SMILES string of the molecule is NC(=O)c1ccc(NC(=O)CCc2ccccc2)cc1S(=O)(=O)c1ccc(NCCSc2ccccc2)c([N+](=O)[O-])c1. The van der Waals surface area contributed by atoms with Crippen LogP contribution in [0.25, 0.3) is 0 Å². The van der Waals surface area contributed by atoms with Gasteiger partial charge < -0.3 is 16.4 Å². The van der Waals surface area contributed by atoms with Gasteiger partial charge in [0.15, 0.2) is 0 Å². The summed E-state index contributed by atoms with van der Waals surface area (Å²) in [7, 11) is -4.45. The Hall–Kier alpha value is -4.68. The van der Waals surface area contributed by atoms with Gasteiger partial charge in [-0.3, -0.25) is 19.7 Å². The van der Waals surface area contributed by atoms with Crippen molar-refractivity contribution in [3.05, 3.63) is 118 Å². The van der Waals surface area contributed by atoms with Crippen LogP contribution >= 0.6 is 11.8 Å². The van der Waals surface area contributed by atoms with Gasteiger partial charge in [0.05, 0.1) is 20.3 Å². The maximum Gasteiger partial charge on any atom is 0.293 e. The van der Waals surface area contributed by atoms with Crippen molar-refractivity contribution in [3.8, 4) is 0 Å². The Labute approximate surface area is 247 Å². The molecule has 0 aliphatic heterocycles. The van der Waals surface area contributed by atoms with Crippen LogP contribution in [0, 0.1) is 10.1 Å². The summed E-state index contributed by atoms with van der Waals surface area (Å²) in [4.78, 5) is 36.0. The number of anilines is 2. The molecule has 0 aliphatic carbocycles. The normalized spacial score (nSPS) is 11.0. The smallest absolute Gasteiger partial charge is 0.293 e. The zero-order chi connectivity index (χ0) is 30.1. The summed E-state index contributed by atoms with van der Waals surface area (Å²) in [5.74, 6) is -0.739. The topological polar surface area (TPSA) is 162 Å². The van der Waals surface area contributed by atoms with E-state index in [1.807, 2.05) is 60.7 Å². The molecule has 0 aromatic heterocycles. The number of nitrogens with one attached hydrogen (secondary N) is 2. The first-order chi connectivity index (χ1) is 20.1. The maximum absolute atomic E-state index is 13.6. The quantitative estimate of drug-likeness (QED) is 0.0801. The fourth-order valence-electron chi connectivity index (χ4n) is 4.13. The van der Waals surface area contributed by atoms with E-state index in [0.717, 1.165) is 22.6 Å². The van der Waals surface area contributed by atoms with Crippen LogP contribution in [0.2, 0.25) is 0 Å². The van der Waals surface area contributed by atoms with Crippen molar-refractivity contribution < 1.29 is 22.9 Å². The summed E-state index contributed by atoms with van der Waals surface area (Å²) >= 11 is 1.57. The third-order valence-corrected chi connectivity index (χ3v) is 9.01. The van der Waals surface area contributed by atoms with Crippen molar-refractivity contribution in [1.29, 1.82) is 0 Å². The molecule has 0 radical (unpaired) electrons.